The number of methoxy groups -OCH3 is 1. The van der Waals surface area contributed by atoms with Gasteiger partial charge in [0.15, 0.2) is 11.8 Å². The van der Waals surface area contributed by atoms with E-state index in [1.807, 2.05) is 29.8 Å². The molecule has 0 bridgehead atoms. The zero-order valence-electron chi connectivity index (χ0n) is 17.8. The molecule has 1 aromatic carbocycles. The topological polar surface area (TPSA) is 85.6 Å². The number of hydrogen-bond donors (Lipinski definition) is 2. The Bertz CT molecular complexity index is 819. The number of rotatable bonds is 8. The first kappa shape index (κ1) is 21.1. The summed E-state index contributed by atoms with van der Waals surface area (Å²) in [5, 5.41) is 11.4. The lowest BCUT2D eigenvalue weighted by atomic mass is 10.1. The first-order valence-electron chi connectivity index (χ1n) is 10.3. The Labute approximate surface area is 172 Å². The van der Waals surface area contributed by atoms with Gasteiger partial charge in [-0.2, -0.15) is 5.10 Å². The fourth-order valence-electron chi connectivity index (χ4n) is 3.36. The molecule has 158 valence electrons. The molecule has 1 aromatic heterocycles. The molecule has 3 rings (SSSR count). The zero-order chi connectivity index (χ0) is 20.6. The van der Waals surface area contributed by atoms with Crippen molar-refractivity contribution in [2.75, 3.05) is 20.2 Å². The molecule has 2 aromatic rings. The highest BCUT2D eigenvalue weighted by Gasteiger charge is 2.22. The molecule has 2 N–H and O–H groups in total. The summed E-state index contributed by atoms with van der Waals surface area (Å²) in [4.78, 5) is 9.25. The third-order valence-corrected chi connectivity index (χ3v) is 4.69. The van der Waals surface area contributed by atoms with E-state index in [9.17, 15) is 0 Å². The molecule has 0 saturated heterocycles. The normalized spacial score (nSPS) is 17.5. The average Bonchev–Trinajstić information content (AvgIpc) is 3.08. The highest BCUT2D eigenvalue weighted by molar-refractivity contribution is 5.80. The van der Waals surface area contributed by atoms with Crippen molar-refractivity contribution in [3.8, 4) is 5.75 Å². The van der Waals surface area contributed by atoms with Crippen molar-refractivity contribution in [3.63, 3.8) is 0 Å². The molecule has 2 unspecified atom stereocenters. The minimum absolute atomic E-state index is 0.0165. The fraction of sp³-hybridized carbons (Fsp3) is 0.571. The van der Waals surface area contributed by atoms with E-state index in [2.05, 4.69) is 40.6 Å². The van der Waals surface area contributed by atoms with Gasteiger partial charge in [-0.1, -0.05) is 12.1 Å². The maximum absolute atomic E-state index is 5.99. The van der Waals surface area contributed by atoms with Gasteiger partial charge >= 0.3 is 0 Å². The molecule has 0 amide bonds. The van der Waals surface area contributed by atoms with Crippen LogP contribution < -0.4 is 15.4 Å². The minimum atomic E-state index is -0.0165. The maximum atomic E-state index is 5.99. The van der Waals surface area contributed by atoms with Crippen molar-refractivity contribution in [1.82, 2.24) is 25.4 Å². The van der Waals surface area contributed by atoms with Crippen LogP contribution in [0.5, 0.6) is 5.75 Å². The van der Waals surface area contributed by atoms with Crippen molar-refractivity contribution in [2.24, 2.45) is 4.99 Å². The van der Waals surface area contributed by atoms with Crippen molar-refractivity contribution < 1.29 is 9.47 Å². The summed E-state index contributed by atoms with van der Waals surface area (Å²) in [7, 11) is 1.66. The average molecular weight is 401 g/mol. The van der Waals surface area contributed by atoms with Crippen LogP contribution >= 0.6 is 0 Å². The number of aryl methyl sites for hydroxylation is 2. The number of ether oxygens (including phenoxy) is 2. The Kier molecular flexibility index (Phi) is 7.46. The van der Waals surface area contributed by atoms with Crippen LogP contribution in [0.15, 0.2) is 29.3 Å². The van der Waals surface area contributed by atoms with Gasteiger partial charge in [-0.3, -0.25) is 0 Å². The molecular formula is C21H32N6O2. The van der Waals surface area contributed by atoms with Gasteiger partial charge in [0.25, 0.3) is 0 Å². The third kappa shape index (κ3) is 6.19. The van der Waals surface area contributed by atoms with Crippen LogP contribution in [-0.4, -0.2) is 53.1 Å². The molecule has 1 aliphatic rings. The van der Waals surface area contributed by atoms with E-state index >= 15 is 0 Å². The molecule has 1 aliphatic heterocycles. The number of benzene rings is 1. The summed E-state index contributed by atoms with van der Waals surface area (Å²) in [5.41, 5.74) is 1.19. The summed E-state index contributed by atoms with van der Waals surface area (Å²) >= 11 is 0. The summed E-state index contributed by atoms with van der Waals surface area (Å²) in [6.07, 6.45) is 1.86. The van der Waals surface area contributed by atoms with Crippen molar-refractivity contribution >= 4 is 5.96 Å². The smallest absolute Gasteiger partial charge is 0.191 e. The van der Waals surface area contributed by atoms with Crippen LogP contribution in [0, 0.1) is 6.92 Å². The lowest BCUT2D eigenvalue weighted by Crippen LogP contribution is -2.47. The Morgan fingerprint density at radius 3 is 3.03 bits per heavy atom. The summed E-state index contributed by atoms with van der Waals surface area (Å²) in [6, 6.07) is 8.34. The van der Waals surface area contributed by atoms with E-state index in [-0.39, 0.29) is 12.1 Å². The number of hydrogen-bond acceptors (Lipinski definition) is 5. The van der Waals surface area contributed by atoms with Gasteiger partial charge < -0.3 is 20.1 Å². The van der Waals surface area contributed by atoms with Gasteiger partial charge in [0.05, 0.1) is 13.1 Å². The zero-order valence-corrected chi connectivity index (χ0v) is 17.8. The summed E-state index contributed by atoms with van der Waals surface area (Å²) < 4.78 is 13.1. The maximum Gasteiger partial charge on any atom is 0.191 e. The number of aliphatic imine (C=N–C) groups is 1. The Hall–Kier alpha value is -2.61. The standard InChI is InChI=1S/C21H32N6O2/c1-5-22-21(23-12-16(3)29-18-8-6-7-15(2)11-18)24-17-9-10-20-25-19(14-28-4)26-27(20)13-17/h6-8,11,16-17H,5,9-10,12-14H2,1-4H3,(H2,22,23,24). The van der Waals surface area contributed by atoms with Crippen LogP contribution in [0.1, 0.15) is 37.5 Å². The van der Waals surface area contributed by atoms with Crippen LogP contribution in [0.4, 0.5) is 0 Å². The van der Waals surface area contributed by atoms with E-state index in [4.69, 9.17) is 14.5 Å². The van der Waals surface area contributed by atoms with Gasteiger partial charge in [-0.15, -0.1) is 0 Å². The summed E-state index contributed by atoms with van der Waals surface area (Å²) in [6.45, 7) is 8.76. The van der Waals surface area contributed by atoms with Gasteiger partial charge in [0.2, 0.25) is 0 Å². The molecule has 2 atom stereocenters. The number of guanidine groups is 1. The predicted molar refractivity (Wildman–Crippen MR) is 113 cm³/mol. The summed E-state index contributed by atoms with van der Waals surface area (Å²) in [5.74, 6) is 3.45. The number of nitrogens with zero attached hydrogens (tertiary/aromatic N) is 4. The van der Waals surface area contributed by atoms with Gasteiger partial charge in [0.1, 0.15) is 24.3 Å². The van der Waals surface area contributed by atoms with Gasteiger partial charge in [-0.05, 0) is 44.9 Å². The SMILES string of the molecule is CCNC(=NCC(C)Oc1cccc(C)c1)NC1CCc2nc(COC)nn2C1. The highest BCUT2D eigenvalue weighted by Crippen LogP contribution is 2.15. The number of aromatic nitrogens is 3. The fourth-order valence-corrected chi connectivity index (χ4v) is 3.36. The lowest BCUT2D eigenvalue weighted by Gasteiger charge is -2.25. The molecule has 0 fully saturated rings. The molecule has 2 heterocycles. The Morgan fingerprint density at radius 1 is 1.41 bits per heavy atom. The first-order valence-corrected chi connectivity index (χ1v) is 10.3. The van der Waals surface area contributed by atoms with Crippen LogP contribution in [0.25, 0.3) is 0 Å². The Balaban J connectivity index is 1.56. The monoisotopic (exact) mass is 400 g/mol. The van der Waals surface area contributed by atoms with Crippen LogP contribution in [0.3, 0.4) is 0 Å². The predicted octanol–water partition coefficient (Wildman–Crippen LogP) is 2.07. The molecular weight excluding hydrogens is 368 g/mol. The molecule has 8 nitrogen and oxygen atoms in total. The second-order valence-corrected chi connectivity index (χ2v) is 7.40. The molecule has 8 heteroatoms. The van der Waals surface area contributed by atoms with Crippen molar-refractivity contribution in [1.29, 1.82) is 0 Å². The minimum Gasteiger partial charge on any atom is -0.489 e. The molecule has 0 radical (unpaired) electrons. The third-order valence-electron chi connectivity index (χ3n) is 4.69. The van der Waals surface area contributed by atoms with E-state index in [0.29, 0.717) is 13.2 Å². The molecule has 0 saturated carbocycles. The Morgan fingerprint density at radius 2 is 2.28 bits per heavy atom. The largest absolute Gasteiger partial charge is 0.489 e. The van der Waals surface area contributed by atoms with Gasteiger partial charge in [0, 0.05) is 26.1 Å². The van der Waals surface area contributed by atoms with Crippen molar-refractivity contribution in [2.45, 2.75) is 58.9 Å². The molecule has 0 aliphatic carbocycles. The van der Waals surface area contributed by atoms with Gasteiger partial charge in [-0.25, -0.2) is 14.7 Å². The molecule has 0 spiro atoms. The molecule has 29 heavy (non-hydrogen) atoms. The van der Waals surface area contributed by atoms with E-state index in [1.54, 1.807) is 7.11 Å². The highest BCUT2D eigenvalue weighted by atomic mass is 16.5. The quantitative estimate of drug-likeness (QED) is 0.521. The van der Waals surface area contributed by atoms with Crippen LogP contribution in [0.2, 0.25) is 0 Å². The van der Waals surface area contributed by atoms with E-state index in [0.717, 1.165) is 49.3 Å². The first-order chi connectivity index (χ1) is 14.1. The van der Waals surface area contributed by atoms with E-state index in [1.165, 1.54) is 5.56 Å². The number of fused-ring (bicyclic) bond motifs is 1. The number of nitrogens with one attached hydrogen (secondary N) is 2. The van der Waals surface area contributed by atoms with Crippen molar-refractivity contribution in [3.05, 3.63) is 41.5 Å². The second kappa shape index (κ2) is 10.2. The lowest BCUT2D eigenvalue weighted by molar-refractivity contribution is 0.177. The second-order valence-electron chi connectivity index (χ2n) is 7.40. The van der Waals surface area contributed by atoms with E-state index < -0.39 is 0 Å². The van der Waals surface area contributed by atoms with Crippen LogP contribution in [-0.2, 0) is 24.3 Å².